The highest BCUT2D eigenvalue weighted by atomic mass is 19.4. The van der Waals surface area contributed by atoms with Crippen LogP contribution in [0.1, 0.15) is 51.3 Å². The number of para-hydroxylation sites is 1. The van der Waals surface area contributed by atoms with Gasteiger partial charge in [-0.05, 0) is 67.9 Å². The highest BCUT2D eigenvalue weighted by Crippen LogP contribution is 2.43. The molecule has 274 valence electrons. The van der Waals surface area contributed by atoms with E-state index < -0.39 is 46.7 Å². The largest absolute Gasteiger partial charge is 0.496 e. The Morgan fingerprint density at radius 2 is 1.36 bits per heavy atom. The number of hydrogen-bond donors (Lipinski definition) is 0. The molecule has 1 aliphatic heterocycles. The third-order valence-corrected chi connectivity index (χ3v) is 8.77. The van der Waals surface area contributed by atoms with Crippen LogP contribution in [0.25, 0.3) is 0 Å². The molecule has 53 heavy (non-hydrogen) atoms. The molecular formula is C38H33F3N4O8. The summed E-state index contributed by atoms with van der Waals surface area (Å²) in [5.41, 5.74) is -1.64. The van der Waals surface area contributed by atoms with Crippen molar-refractivity contribution in [2.24, 2.45) is 0 Å². The number of nitriles is 1. The van der Waals surface area contributed by atoms with Gasteiger partial charge in [0.15, 0.2) is 0 Å². The quantitative estimate of drug-likeness (QED) is 0.120. The molecule has 4 aromatic carbocycles. The summed E-state index contributed by atoms with van der Waals surface area (Å²) < 4.78 is 62.4. The number of rotatable bonds is 10. The van der Waals surface area contributed by atoms with Crippen molar-refractivity contribution in [2.75, 3.05) is 38.2 Å². The third kappa shape index (κ3) is 6.90. The Kier molecular flexibility index (Phi) is 10.4. The zero-order valence-electron chi connectivity index (χ0n) is 29.4. The molecule has 0 bridgehead atoms. The minimum atomic E-state index is -4.92. The van der Waals surface area contributed by atoms with Gasteiger partial charge in [-0.15, -0.1) is 0 Å². The highest BCUT2D eigenvalue weighted by molar-refractivity contribution is 6.23. The van der Waals surface area contributed by atoms with E-state index in [-0.39, 0.29) is 34.9 Å². The molecule has 0 radical (unpaired) electrons. The molecule has 0 spiro atoms. The number of halogens is 3. The van der Waals surface area contributed by atoms with Crippen molar-refractivity contribution in [2.45, 2.75) is 32.1 Å². The van der Waals surface area contributed by atoms with Crippen molar-refractivity contribution in [1.82, 2.24) is 4.90 Å². The van der Waals surface area contributed by atoms with Crippen LogP contribution >= 0.6 is 0 Å². The number of esters is 2. The van der Waals surface area contributed by atoms with Crippen LogP contribution in [0.5, 0.6) is 11.5 Å². The van der Waals surface area contributed by atoms with Crippen LogP contribution in [0.2, 0.25) is 0 Å². The van der Waals surface area contributed by atoms with Gasteiger partial charge in [-0.1, -0.05) is 18.2 Å². The molecule has 1 saturated heterocycles. The summed E-state index contributed by atoms with van der Waals surface area (Å²) in [4.78, 5) is 56.5. The second-order valence-electron chi connectivity index (χ2n) is 12.1. The summed E-state index contributed by atoms with van der Waals surface area (Å²) >= 11 is 0. The maximum Gasteiger partial charge on any atom is 0.417 e. The maximum atomic E-state index is 14.1. The predicted octanol–water partition coefficient (Wildman–Crippen LogP) is 7.38. The molecule has 0 aliphatic carbocycles. The molecular weight excluding hydrogens is 697 g/mol. The van der Waals surface area contributed by atoms with E-state index in [4.69, 9.17) is 18.9 Å². The number of methoxy groups -OCH3 is 4. The number of carbonyl (C=O) groups is 4. The number of amides is 3. The third-order valence-electron chi connectivity index (χ3n) is 8.77. The Labute approximate surface area is 302 Å². The number of hydrogen-bond acceptors (Lipinski definition) is 10. The van der Waals surface area contributed by atoms with Gasteiger partial charge in [-0.3, -0.25) is 4.79 Å². The van der Waals surface area contributed by atoms with Gasteiger partial charge in [-0.2, -0.15) is 18.4 Å². The van der Waals surface area contributed by atoms with E-state index in [9.17, 15) is 37.6 Å². The Bertz CT molecular complexity index is 2090. The van der Waals surface area contributed by atoms with Gasteiger partial charge in [0, 0.05) is 23.5 Å². The van der Waals surface area contributed by atoms with Crippen LogP contribution in [0.4, 0.5) is 40.7 Å². The summed E-state index contributed by atoms with van der Waals surface area (Å²) in [7, 11) is 5.23. The summed E-state index contributed by atoms with van der Waals surface area (Å²) in [5, 5.41) is 9.26. The van der Waals surface area contributed by atoms with Crippen molar-refractivity contribution >= 4 is 46.6 Å². The van der Waals surface area contributed by atoms with Gasteiger partial charge in [0.05, 0.1) is 63.6 Å². The number of imide groups is 1. The molecule has 0 unspecified atom stereocenters. The predicted molar refractivity (Wildman–Crippen MR) is 186 cm³/mol. The molecule has 12 nitrogen and oxygen atoms in total. The lowest BCUT2D eigenvalue weighted by Gasteiger charge is -2.32. The summed E-state index contributed by atoms with van der Waals surface area (Å²) in [6.07, 6.45) is -4.92. The van der Waals surface area contributed by atoms with Gasteiger partial charge >= 0.3 is 24.1 Å². The molecule has 1 fully saturated rings. The number of benzene rings is 4. The lowest BCUT2D eigenvalue weighted by Crippen LogP contribution is -2.43. The topological polar surface area (TPSA) is 139 Å². The Morgan fingerprint density at radius 1 is 0.811 bits per heavy atom. The molecule has 1 aliphatic rings. The standard InChI is InChI=1S/C38H33F3N4O8/c1-37(2)35(48)45(24-12-11-22(20-42)29(17-24)38(39,40)41)36(49)43(37)21-23-9-7-8-10-30(23)44(25-13-15-27(33(46)52-5)31(18-25)50-3)26-14-16-28(34(47)53-6)32(19-26)51-4/h7-19H,21H2,1-6H3. The number of alkyl halides is 3. The average molecular weight is 731 g/mol. The molecule has 0 N–H and O–H groups in total. The van der Waals surface area contributed by atoms with Crippen LogP contribution in [-0.4, -0.2) is 62.8 Å². The van der Waals surface area contributed by atoms with Gasteiger partial charge in [0.25, 0.3) is 5.91 Å². The van der Waals surface area contributed by atoms with E-state index in [2.05, 4.69) is 0 Å². The molecule has 0 aromatic heterocycles. The Hall–Kier alpha value is -6.56. The molecule has 0 atom stereocenters. The van der Waals surface area contributed by atoms with E-state index in [1.165, 1.54) is 65.4 Å². The Balaban J connectivity index is 1.65. The monoisotopic (exact) mass is 730 g/mol. The average Bonchev–Trinajstić information content (AvgIpc) is 3.32. The van der Waals surface area contributed by atoms with E-state index >= 15 is 0 Å². The van der Waals surface area contributed by atoms with E-state index in [1.54, 1.807) is 53.4 Å². The Morgan fingerprint density at radius 3 is 1.85 bits per heavy atom. The molecule has 15 heteroatoms. The molecule has 5 rings (SSSR count). The highest BCUT2D eigenvalue weighted by Gasteiger charge is 2.52. The zero-order valence-corrected chi connectivity index (χ0v) is 29.4. The zero-order chi connectivity index (χ0) is 38.8. The van der Waals surface area contributed by atoms with Gasteiger partial charge < -0.3 is 28.7 Å². The smallest absolute Gasteiger partial charge is 0.417 e. The second-order valence-corrected chi connectivity index (χ2v) is 12.1. The molecule has 0 saturated carbocycles. The first kappa shape index (κ1) is 37.7. The van der Waals surface area contributed by atoms with E-state index in [1.807, 2.05) is 0 Å². The van der Waals surface area contributed by atoms with E-state index in [0.29, 0.717) is 33.6 Å². The van der Waals surface area contributed by atoms with Gasteiger partial charge in [-0.25, -0.2) is 19.3 Å². The fourth-order valence-corrected chi connectivity index (χ4v) is 5.99. The SMILES string of the molecule is COC(=O)c1ccc(N(c2ccc(C(=O)OC)c(OC)c2)c2ccccc2CN2C(=O)N(c3ccc(C#N)c(C(F)(F)F)c3)C(=O)C2(C)C)cc1OC. The summed E-state index contributed by atoms with van der Waals surface area (Å²) in [6, 6.07) is 19.6. The van der Waals surface area contributed by atoms with Gasteiger partial charge in [0.2, 0.25) is 0 Å². The van der Waals surface area contributed by atoms with Crippen LogP contribution in [0.3, 0.4) is 0 Å². The van der Waals surface area contributed by atoms with E-state index in [0.717, 1.165) is 12.1 Å². The van der Waals surface area contributed by atoms with Crippen molar-refractivity contribution in [3.05, 3.63) is 107 Å². The normalized spacial score (nSPS) is 13.7. The van der Waals surface area contributed by atoms with Crippen molar-refractivity contribution in [3.63, 3.8) is 0 Å². The number of urea groups is 1. The van der Waals surface area contributed by atoms with Crippen LogP contribution in [0.15, 0.2) is 78.9 Å². The van der Waals surface area contributed by atoms with Crippen LogP contribution < -0.4 is 19.3 Å². The first-order chi connectivity index (χ1) is 25.1. The lowest BCUT2D eigenvalue weighted by atomic mass is 10.0. The minimum Gasteiger partial charge on any atom is -0.496 e. The number of carbonyl (C=O) groups excluding carboxylic acids is 4. The fraction of sp³-hybridized carbons (Fsp3) is 0.237. The van der Waals surface area contributed by atoms with Crippen molar-refractivity contribution < 1.29 is 51.3 Å². The number of nitrogens with zero attached hydrogens (tertiary/aromatic N) is 4. The van der Waals surface area contributed by atoms with Crippen molar-refractivity contribution in [3.8, 4) is 17.6 Å². The minimum absolute atomic E-state index is 0.144. The fourth-order valence-electron chi connectivity index (χ4n) is 5.99. The molecule has 3 amide bonds. The maximum absolute atomic E-state index is 14.1. The first-order valence-corrected chi connectivity index (χ1v) is 15.8. The number of anilines is 4. The van der Waals surface area contributed by atoms with Crippen molar-refractivity contribution in [1.29, 1.82) is 5.26 Å². The first-order valence-electron chi connectivity index (χ1n) is 15.8. The number of ether oxygens (including phenoxy) is 4. The van der Waals surface area contributed by atoms with Crippen LogP contribution in [-0.2, 0) is 27.0 Å². The molecule has 4 aromatic rings. The summed E-state index contributed by atoms with van der Waals surface area (Å²) in [5.74, 6) is -1.71. The second kappa shape index (κ2) is 14.6. The van der Waals surface area contributed by atoms with Crippen LogP contribution in [0, 0.1) is 11.3 Å². The van der Waals surface area contributed by atoms with Gasteiger partial charge in [0.1, 0.15) is 28.2 Å². The lowest BCUT2D eigenvalue weighted by molar-refractivity contribution is -0.137. The molecule has 1 heterocycles. The summed E-state index contributed by atoms with van der Waals surface area (Å²) in [6.45, 7) is 2.77.